The molecule has 4 aliphatic carbocycles. The fourth-order valence-electron chi connectivity index (χ4n) is 4.01. The summed E-state index contributed by atoms with van der Waals surface area (Å²) < 4.78 is 0. The van der Waals surface area contributed by atoms with Crippen LogP contribution in [0.1, 0.15) is 32.1 Å². The maximum Gasteiger partial charge on any atom is 0.281 e. The summed E-state index contributed by atoms with van der Waals surface area (Å²) >= 11 is 0. The van der Waals surface area contributed by atoms with Gasteiger partial charge in [-0.3, -0.25) is 5.43 Å². The van der Waals surface area contributed by atoms with Crippen LogP contribution in [0, 0.1) is 11.8 Å². The zero-order chi connectivity index (χ0) is 12.2. The second kappa shape index (κ2) is 3.44. The fourth-order valence-corrected chi connectivity index (χ4v) is 4.01. The van der Waals surface area contributed by atoms with Crippen molar-refractivity contribution >= 4 is 5.95 Å². The standard InChI is InChI=1S/C11H16N6O/c18-11-3-6-1-7(4-11)9(8(2-6)5-11)12-13-10-14-16-17-15-10/h6-7,12,18H,1-5H2,(H2,13,14,15,16,17). The number of hydrogen-bond acceptors (Lipinski definition) is 6. The lowest BCUT2D eigenvalue weighted by molar-refractivity contribution is -0.0581. The molecule has 0 radical (unpaired) electrons. The van der Waals surface area contributed by atoms with Crippen molar-refractivity contribution in [3.63, 3.8) is 0 Å². The van der Waals surface area contributed by atoms with Crippen LogP contribution in [0.2, 0.25) is 0 Å². The van der Waals surface area contributed by atoms with E-state index in [2.05, 4.69) is 31.5 Å². The van der Waals surface area contributed by atoms with Crippen LogP contribution in [-0.4, -0.2) is 31.3 Å². The van der Waals surface area contributed by atoms with E-state index in [1.165, 1.54) is 17.7 Å². The number of tetrazole rings is 1. The predicted molar refractivity (Wildman–Crippen MR) is 63.0 cm³/mol. The second-order valence-electron chi connectivity index (χ2n) is 5.81. The van der Waals surface area contributed by atoms with Gasteiger partial charge in [-0.2, -0.15) is 5.21 Å². The SMILES string of the molecule is OC12CC3=C(NNc4nn[nH]n4)C(CC(C3)C1)C2. The van der Waals surface area contributed by atoms with Crippen LogP contribution in [0.3, 0.4) is 0 Å². The summed E-state index contributed by atoms with van der Waals surface area (Å²) in [5.74, 6) is 1.56. The van der Waals surface area contributed by atoms with Crippen molar-refractivity contribution in [2.75, 3.05) is 5.43 Å². The molecular formula is C11H16N6O. The number of nitrogens with one attached hydrogen (secondary N) is 3. The van der Waals surface area contributed by atoms with Crippen LogP contribution < -0.4 is 10.9 Å². The first-order valence-corrected chi connectivity index (χ1v) is 6.42. The topological polar surface area (TPSA) is 98.7 Å². The summed E-state index contributed by atoms with van der Waals surface area (Å²) in [7, 11) is 0. The number of aromatic amines is 1. The summed E-state index contributed by atoms with van der Waals surface area (Å²) in [4.78, 5) is 0. The van der Waals surface area contributed by atoms with Crippen molar-refractivity contribution in [2.24, 2.45) is 11.8 Å². The van der Waals surface area contributed by atoms with Gasteiger partial charge < -0.3 is 10.5 Å². The minimum Gasteiger partial charge on any atom is -0.390 e. The number of nitrogens with zero attached hydrogens (tertiary/aromatic N) is 3. The van der Waals surface area contributed by atoms with E-state index < -0.39 is 5.60 Å². The van der Waals surface area contributed by atoms with Crippen molar-refractivity contribution in [3.8, 4) is 0 Å². The van der Waals surface area contributed by atoms with E-state index >= 15 is 0 Å². The highest BCUT2D eigenvalue weighted by molar-refractivity contribution is 5.32. The van der Waals surface area contributed by atoms with Crippen LogP contribution >= 0.6 is 0 Å². The molecule has 1 heterocycles. The molecule has 2 fully saturated rings. The molecule has 0 aromatic carbocycles. The van der Waals surface area contributed by atoms with Crippen molar-refractivity contribution in [1.82, 2.24) is 26.0 Å². The Morgan fingerprint density at radius 3 is 3.00 bits per heavy atom. The van der Waals surface area contributed by atoms with Crippen LogP contribution in [0.15, 0.2) is 11.3 Å². The summed E-state index contributed by atoms with van der Waals surface area (Å²) in [6.45, 7) is 0. The summed E-state index contributed by atoms with van der Waals surface area (Å²) in [6, 6.07) is 0. The zero-order valence-electron chi connectivity index (χ0n) is 9.98. The zero-order valence-corrected chi connectivity index (χ0v) is 9.98. The van der Waals surface area contributed by atoms with Gasteiger partial charge in [-0.15, -0.1) is 5.10 Å². The average molecular weight is 248 g/mol. The second-order valence-corrected chi connectivity index (χ2v) is 5.81. The van der Waals surface area contributed by atoms with Gasteiger partial charge in [-0.1, -0.05) is 5.10 Å². The number of aromatic nitrogens is 4. The Morgan fingerprint density at radius 2 is 2.28 bits per heavy atom. The van der Waals surface area contributed by atoms with Crippen LogP contribution in [0.25, 0.3) is 0 Å². The van der Waals surface area contributed by atoms with Crippen LogP contribution in [0.4, 0.5) is 5.95 Å². The number of rotatable bonds is 3. The first-order valence-electron chi connectivity index (χ1n) is 6.42. The summed E-state index contributed by atoms with van der Waals surface area (Å²) in [5.41, 5.74) is 8.35. The summed E-state index contributed by atoms with van der Waals surface area (Å²) in [6.07, 6.45) is 4.98. The number of hydrazine groups is 1. The van der Waals surface area contributed by atoms with Gasteiger partial charge in [0.2, 0.25) is 0 Å². The lowest BCUT2D eigenvalue weighted by Gasteiger charge is -2.52. The van der Waals surface area contributed by atoms with E-state index in [1.54, 1.807) is 0 Å². The minimum atomic E-state index is -0.432. The molecule has 0 saturated heterocycles. The maximum absolute atomic E-state index is 10.5. The number of hydrogen-bond donors (Lipinski definition) is 4. The Bertz CT molecular complexity index is 498. The highest BCUT2D eigenvalue weighted by Gasteiger charge is 2.49. The lowest BCUT2D eigenvalue weighted by atomic mass is 9.58. The average Bonchev–Trinajstić information content (AvgIpc) is 2.78. The Morgan fingerprint density at radius 1 is 1.33 bits per heavy atom. The first-order chi connectivity index (χ1) is 8.72. The molecule has 1 aromatic rings. The smallest absolute Gasteiger partial charge is 0.281 e. The van der Waals surface area contributed by atoms with Gasteiger partial charge in [0.15, 0.2) is 0 Å². The molecule has 18 heavy (non-hydrogen) atoms. The van der Waals surface area contributed by atoms with Crippen molar-refractivity contribution in [1.29, 1.82) is 0 Å². The molecule has 0 aliphatic heterocycles. The first kappa shape index (κ1) is 10.3. The molecule has 3 unspecified atom stereocenters. The van der Waals surface area contributed by atoms with Crippen molar-refractivity contribution < 1.29 is 5.11 Å². The Labute approximate surface area is 104 Å². The lowest BCUT2D eigenvalue weighted by Crippen LogP contribution is -2.50. The van der Waals surface area contributed by atoms with Gasteiger partial charge in [0.05, 0.1) is 5.60 Å². The summed E-state index contributed by atoms with van der Waals surface area (Å²) in [5, 5.41) is 24.0. The van der Waals surface area contributed by atoms with Crippen molar-refractivity contribution in [3.05, 3.63) is 11.3 Å². The van der Waals surface area contributed by atoms with Gasteiger partial charge >= 0.3 is 0 Å². The quantitative estimate of drug-likeness (QED) is 0.575. The molecule has 4 aliphatic rings. The number of aliphatic hydroxyl groups is 1. The van der Waals surface area contributed by atoms with Gasteiger partial charge in [-0.05, 0) is 48.8 Å². The van der Waals surface area contributed by atoms with Crippen LogP contribution in [-0.2, 0) is 0 Å². The van der Waals surface area contributed by atoms with E-state index in [0.29, 0.717) is 17.8 Å². The molecule has 0 spiro atoms. The predicted octanol–water partition coefficient (Wildman–Crippen LogP) is 0.325. The van der Waals surface area contributed by atoms with E-state index in [0.717, 1.165) is 25.7 Å². The van der Waals surface area contributed by atoms with Gasteiger partial charge in [0.1, 0.15) is 0 Å². The van der Waals surface area contributed by atoms with Gasteiger partial charge in [0.25, 0.3) is 5.95 Å². The Kier molecular flexibility index (Phi) is 1.97. The molecule has 5 rings (SSSR count). The third-order valence-corrected chi connectivity index (χ3v) is 4.43. The monoisotopic (exact) mass is 248 g/mol. The molecule has 7 nitrogen and oxygen atoms in total. The molecule has 3 atom stereocenters. The molecule has 4 bridgehead atoms. The Balaban J connectivity index is 1.56. The van der Waals surface area contributed by atoms with E-state index in [-0.39, 0.29) is 0 Å². The molecule has 7 heteroatoms. The fraction of sp³-hybridized carbons (Fsp3) is 0.727. The third kappa shape index (κ3) is 1.50. The largest absolute Gasteiger partial charge is 0.390 e. The minimum absolute atomic E-state index is 0.432. The maximum atomic E-state index is 10.5. The number of anilines is 1. The number of H-pyrrole nitrogens is 1. The van der Waals surface area contributed by atoms with Gasteiger partial charge in [-0.25, -0.2) is 0 Å². The van der Waals surface area contributed by atoms with E-state index in [9.17, 15) is 5.11 Å². The molecule has 96 valence electrons. The van der Waals surface area contributed by atoms with Crippen LogP contribution in [0.5, 0.6) is 0 Å². The molecule has 2 saturated carbocycles. The highest BCUT2D eigenvalue weighted by Crippen LogP contribution is 2.54. The number of allylic oxidation sites excluding steroid dienone is 1. The van der Waals surface area contributed by atoms with Crippen molar-refractivity contribution in [2.45, 2.75) is 37.7 Å². The molecular weight excluding hydrogens is 232 g/mol. The molecule has 0 amide bonds. The molecule has 1 aromatic heterocycles. The highest BCUT2D eigenvalue weighted by atomic mass is 16.3. The van der Waals surface area contributed by atoms with Gasteiger partial charge in [0, 0.05) is 11.6 Å². The van der Waals surface area contributed by atoms with E-state index in [1.807, 2.05) is 0 Å². The normalized spacial score (nSPS) is 37.2. The third-order valence-electron chi connectivity index (χ3n) is 4.43. The molecule has 4 N–H and O–H groups in total. The Hall–Kier alpha value is -1.63. The van der Waals surface area contributed by atoms with E-state index in [4.69, 9.17) is 0 Å².